The first-order valence-corrected chi connectivity index (χ1v) is 5.13. The lowest BCUT2D eigenvalue weighted by Crippen LogP contribution is -2.11. The molecule has 0 radical (unpaired) electrons. The van der Waals surface area contributed by atoms with E-state index < -0.39 is 5.63 Å². The van der Waals surface area contributed by atoms with Gasteiger partial charge in [0.25, 0.3) is 0 Å². The van der Waals surface area contributed by atoms with Crippen LogP contribution in [0.3, 0.4) is 0 Å². The highest BCUT2D eigenvalue weighted by molar-refractivity contribution is 5.87. The number of anilines is 1. The summed E-state index contributed by atoms with van der Waals surface area (Å²) in [5, 5.41) is 10.1. The van der Waals surface area contributed by atoms with Gasteiger partial charge in [-0.1, -0.05) is 19.1 Å². The molecule has 84 valence electrons. The maximum Gasteiger partial charge on any atom is 0.360 e. The minimum atomic E-state index is -0.593. The quantitative estimate of drug-likeness (QED) is 0.749. The number of aliphatic hydroxyl groups is 1. The number of aryl methyl sites for hydroxylation is 1. The second kappa shape index (κ2) is 3.98. The van der Waals surface area contributed by atoms with Gasteiger partial charge < -0.3 is 15.3 Å². The highest BCUT2D eigenvalue weighted by atomic mass is 16.4. The second-order valence-electron chi connectivity index (χ2n) is 3.58. The predicted molar refractivity (Wildman–Crippen MR) is 62.2 cm³/mol. The zero-order valence-corrected chi connectivity index (χ0v) is 8.99. The third kappa shape index (κ3) is 1.47. The molecule has 16 heavy (non-hydrogen) atoms. The number of nitrogens with two attached hydrogens (primary N) is 1. The molecule has 0 unspecified atom stereocenters. The van der Waals surface area contributed by atoms with Crippen LogP contribution in [-0.4, -0.2) is 5.11 Å². The van der Waals surface area contributed by atoms with E-state index in [1.807, 2.05) is 19.1 Å². The van der Waals surface area contributed by atoms with Crippen LogP contribution < -0.4 is 11.4 Å². The van der Waals surface area contributed by atoms with Crippen molar-refractivity contribution < 1.29 is 9.52 Å². The van der Waals surface area contributed by atoms with Crippen LogP contribution in [0.1, 0.15) is 18.1 Å². The molecule has 1 heterocycles. The van der Waals surface area contributed by atoms with E-state index in [2.05, 4.69) is 0 Å². The van der Waals surface area contributed by atoms with Gasteiger partial charge in [-0.2, -0.15) is 0 Å². The zero-order chi connectivity index (χ0) is 11.7. The number of hydrogen-bond donors (Lipinski definition) is 2. The Morgan fingerprint density at radius 2 is 2.19 bits per heavy atom. The van der Waals surface area contributed by atoms with Crippen LogP contribution in [0.25, 0.3) is 11.0 Å². The molecule has 0 fully saturated rings. The first-order valence-electron chi connectivity index (χ1n) is 5.13. The van der Waals surface area contributed by atoms with Crippen molar-refractivity contribution in [2.75, 3.05) is 5.73 Å². The van der Waals surface area contributed by atoms with E-state index >= 15 is 0 Å². The highest BCUT2D eigenvalue weighted by Crippen LogP contribution is 2.25. The number of rotatable bonds is 2. The van der Waals surface area contributed by atoms with Gasteiger partial charge in [0.1, 0.15) is 11.3 Å². The molecule has 4 heteroatoms. The minimum Gasteiger partial charge on any atom is -0.421 e. The van der Waals surface area contributed by atoms with E-state index in [1.54, 1.807) is 6.07 Å². The van der Waals surface area contributed by atoms with Crippen molar-refractivity contribution in [1.82, 2.24) is 0 Å². The minimum absolute atomic E-state index is 0.00380. The van der Waals surface area contributed by atoms with E-state index in [0.29, 0.717) is 11.1 Å². The van der Waals surface area contributed by atoms with Crippen LogP contribution in [0.5, 0.6) is 0 Å². The predicted octanol–water partition coefficient (Wildman–Crippen LogP) is 1.43. The summed E-state index contributed by atoms with van der Waals surface area (Å²) in [4.78, 5) is 11.4. The Bertz CT molecular complexity index is 587. The van der Waals surface area contributed by atoms with Gasteiger partial charge >= 0.3 is 5.63 Å². The summed E-state index contributed by atoms with van der Waals surface area (Å²) in [5.41, 5.74) is 6.97. The molecule has 1 aromatic carbocycles. The first-order chi connectivity index (χ1) is 7.69. The van der Waals surface area contributed by atoms with Gasteiger partial charge in [0.05, 0.1) is 6.61 Å². The second-order valence-corrected chi connectivity index (χ2v) is 3.58. The van der Waals surface area contributed by atoms with Crippen LogP contribution >= 0.6 is 0 Å². The van der Waals surface area contributed by atoms with Crippen LogP contribution in [0.15, 0.2) is 27.4 Å². The number of nitrogen functional groups attached to an aromatic ring is 1. The maximum atomic E-state index is 11.4. The number of aliphatic hydroxyl groups excluding tert-OH is 1. The van der Waals surface area contributed by atoms with E-state index in [0.717, 1.165) is 17.4 Å². The molecule has 0 saturated carbocycles. The van der Waals surface area contributed by atoms with Crippen LogP contribution in [0.2, 0.25) is 0 Å². The van der Waals surface area contributed by atoms with E-state index in [-0.39, 0.29) is 12.3 Å². The summed E-state index contributed by atoms with van der Waals surface area (Å²) in [6, 6.07) is 5.46. The lowest BCUT2D eigenvalue weighted by atomic mass is 10.0. The first kappa shape index (κ1) is 10.7. The van der Waals surface area contributed by atoms with E-state index in [4.69, 9.17) is 10.2 Å². The third-order valence-electron chi connectivity index (χ3n) is 2.70. The van der Waals surface area contributed by atoms with Crippen LogP contribution in [0.4, 0.5) is 5.69 Å². The van der Waals surface area contributed by atoms with Crippen molar-refractivity contribution in [3.8, 4) is 0 Å². The fourth-order valence-electron chi connectivity index (χ4n) is 1.88. The van der Waals surface area contributed by atoms with Crippen LogP contribution in [-0.2, 0) is 13.0 Å². The molecule has 0 spiro atoms. The molecule has 2 aromatic rings. The molecule has 3 N–H and O–H groups in total. The molecular formula is C12H13NO3. The summed E-state index contributed by atoms with van der Waals surface area (Å²) < 4.78 is 5.09. The fourth-order valence-corrected chi connectivity index (χ4v) is 1.88. The largest absolute Gasteiger partial charge is 0.421 e. The van der Waals surface area contributed by atoms with Crippen molar-refractivity contribution in [2.45, 2.75) is 20.0 Å². The fraction of sp³-hybridized carbons (Fsp3) is 0.250. The van der Waals surface area contributed by atoms with Crippen molar-refractivity contribution in [3.05, 3.63) is 39.7 Å². The Kier molecular flexibility index (Phi) is 2.66. The summed E-state index contributed by atoms with van der Waals surface area (Å²) in [6.45, 7) is 1.74. The smallest absolute Gasteiger partial charge is 0.360 e. The van der Waals surface area contributed by atoms with Gasteiger partial charge in [0.15, 0.2) is 0 Å². The molecule has 0 saturated heterocycles. The van der Waals surface area contributed by atoms with E-state index in [9.17, 15) is 9.90 Å². The SMILES string of the molecule is CCc1cccc2oc(=O)c(N)c(CO)c12. The van der Waals surface area contributed by atoms with Crippen molar-refractivity contribution in [2.24, 2.45) is 0 Å². The summed E-state index contributed by atoms with van der Waals surface area (Å²) >= 11 is 0. The molecule has 2 rings (SSSR count). The normalized spacial score (nSPS) is 10.9. The standard InChI is InChI=1S/C12H13NO3/c1-2-7-4-3-5-9-10(7)8(6-14)11(13)12(15)16-9/h3-5,14H,2,6,13H2,1H3. The summed E-state index contributed by atoms with van der Waals surface area (Å²) in [6.07, 6.45) is 0.789. The number of hydrogen-bond acceptors (Lipinski definition) is 4. The molecule has 0 aliphatic rings. The maximum absolute atomic E-state index is 11.4. The van der Waals surface area contributed by atoms with Gasteiger partial charge in [0, 0.05) is 10.9 Å². The third-order valence-corrected chi connectivity index (χ3v) is 2.70. The Morgan fingerprint density at radius 3 is 2.81 bits per heavy atom. The molecule has 0 amide bonds. The molecule has 0 bridgehead atoms. The van der Waals surface area contributed by atoms with Gasteiger partial charge in [0.2, 0.25) is 0 Å². The monoisotopic (exact) mass is 219 g/mol. The van der Waals surface area contributed by atoms with Gasteiger partial charge in [-0.25, -0.2) is 4.79 Å². The van der Waals surface area contributed by atoms with Gasteiger partial charge in [-0.15, -0.1) is 0 Å². The Labute approximate surface area is 92.3 Å². The number of fused-ring (bicyclic) bond motifs is 1. The number of benzene rings is 1. The lowest BCUT2D eigenvalue weighted by Gasteiger charge is -2.09. The topological polar surface area (TPSA) is 76.5 Å². The zero-order valence-electron chi connectivity index (χ0n) is 8.99. The summed E-state index contributed by atoms with van der Waals surface area (Å²) in [5.74, 6) is 0. The Morgan fingerprint density at radius 1 is 1.44 bits per heavy atom. The van der Waals surface area contributed by atoms with Gasteiger partial charge in [-0.05, 0) is 18.1 Å². The van der Waals surface area contributed by atoms with Crippen molar-refractivity contribution in [1.29, 1.82) is 0 Å². The molecule has 0 atom stereocenters. The van der Waals surface area contributed by atoms with E-state index in [1.165, 1.54) is 0 Å². The molecule has 0 aliphatic heterocycles. The molecule has 4 nitrogen and oxygen atoms in total. The van der Waals surface area contributed by atoms with Crippen molar-refractivity contribution in [3.63, 3.8) is 0 Å². The summed E-state index contributed by atoms with van der Waals surface area (Å²) in [7, 11) is 0. The van der Waals surface area contributed by atoms with Gasteiger partial charge in [-0.3, -0.25) is 0 Å². The van der Waals surface area contributed by atoms with Crippen LogP contribution in [0, 0.1) is 0 Å². The highest BCUT2D eigenvalue weighted by Gasteiger charge is 2.13. The Balaban J connectivity index is 2.98. The molecule has 0 aliphatic carbocycles. The average Bonchev–Trinajstić information content (AvgIpc) is 2.30. The average molecular weight is 219 g/mol. The molecular weight excluding hydrogens is 206 g/mol. The van der Waals surface area contributed by atoms with Crippen molar-refractivity contribution >= 4 is 16.7 Å². The Hall–Kier alpha value is -1.81. The lowest BCUT2D eigenvalue weighted by molar-refractivity contribution is 0.283. The molecule has 1 aromatic heterocycles.